The average Bonchev–Trinajstić information content (AvgIpc) is 2.64. The molecule has 90 valence electrons. The summed E-state index contributed by atoms with van der Waals surface area (Å²) in [4.78, 5) is 12.2. The molecule has 0 amide bonds. The summed E-state index contributed by atoms with van der Waals surface area (Å²) in [5.41, 5.74) is 0.530. The van der Waals surface area contributed by atoms with Gasteiger partial charge in [-0.3, -0.25) is 9.89 Å². The van der Waals surface area contributed by atoms with Crippen LogP contribution in [0.25, 0.3) is 11.4 Å². The molecule has 2 aromatic rings. The Labute approximate surface area is 104 Å². The highest BCUT2D eigenvalue weighted by Gasteiger charge is 2.10. The van der Waals surface area contributed by atoms with Crippen molar-refractivity contribution in [3.8, 4) is 11.4 Å². The van der Waals surface area contributed by atoms with Gasteiger partial charge in [0.25, 0.3) is 5.56 Å². The van der Waals surface area contributed by atoms with E-state index in [0.717, 1.165) is 6.42 Å². The van der Waals surface area contributed by atoms with E-state index in [9.17, 15) is 4.79 Å². The van der Waals surface area contributed by atoms with Crippen LogP contribution in [0.15, 0.2) is 23.1 Å². The molecule has 0 saturated heterocycles. The first kappa shape index (κ1) is 11.8. The zero-order valence-electron chi connectivity index (χ0n) is 9.80. The van der Waals surface area contributed by atoms with Gasteiger partial charge in [-0.2, -0.15) is 5.10 Å². The van der Waals surface area contributed by atoms with E-state index in [1.165, 1.54) is 0 Å². The highest BCUT2D eigenvalue weighted by Crippen LogP contribution is 2.10. The Morgan fingerprint density at radius 2 is 2.29 bits per heavy atom. The maximum Gasteiger partial charge on any atom is 0.261 e. The molecule has 0 aliphatic carbocycles. The molecule has 2 heterocycles. The zero-order valence-corrected chi connectivity index (χ0v) is 10.6. The molecule has 5 nitrogen and oxygen atoms in total. The second-order valence-corrected chi connectivity index (χ2v) is 4.22. The molecule has 0 atom stereocenters. The summed E-state index contributed by atoms with van der Waals surface area (Å²) in [7, 11) is 1.79. The SMILES string of the molecule is CCCn1cccc(-c2n[nH]c(=S)n2C)c1=O. The second kappa shape index (κ2) is 4.67. The van der Waals surface area contributed by atoms with Crippen LogP contribution in [0.1, 0.15) is 13.3 Å². The Bertz CT molecular complexity index is 637. The third-order valence-electron chi connectivity index (χ3n) is 2.61. The van der Waals surface area contributed by atoms with Crippen LogP contribution < -0.4 is 5.56 Å². The van der Waals surface area contributed by atoms with E-state index < -0.39 is 0 Å². The Morgan fingerprint density at radius 3 is 2.88 bits per heavy atom. The van der Waals surface area contributed by atoms with Crippen LogP contribution in [0, 0.1) is 4.77 Å². The Morgan fingerprint density at radius 1 is 1.53 bits per heavy atom. The molecule has 0 fully saturated rings. The van der Waals surface area contributed by atoms with E-state index in [-0.39, 0.29) is 5.56 Å². The lowest BCUT2D eigenvalue weighted by Gasteiger charge is -2.05. The number of aryl methyl sites for hydroxylation is 1. The minimum atomic E-state index is -0.0357. The lowest BCUT2D eigenvalue weighted by atomic mass is 10.2. The van der Waals surface area contributed by atoms with Crippen LogP contribution in [-0.4, -0.2) is 19.3 Å². The van der Waals surface area contributed by atoms with Crippen molar-refractivity contribution in [3.63, 3.8) is 0 Å². The van der Waals surface area contributed by atoms with Gasteiger partial charge in [0.2, 0.25) is 0 Å². The van der Waals surface area contributed by atoms with Crippen LogP contribution in [0.2, 0.25) is 0 Å². The van der Waals surface area contributed by atoms with E-state index in [0.29, 0.717) is 22.7 Å². The van der Waals surface area contributed by atoms with Crippen molar-refractivity contribution in [1.82, 2.24) is 19.3 Å². The summed E-state index contributed by atoms with van der Waals surface area (Å²) in [5, 5.41) is 6.76. The molecule has 0 aliphatic heterocycles. The van der Waals surface area contributed by atoms with Gasteiger partial charge in [0.15, 0.2) is 10.6 Å². The molecule has 17 heavy (non-hydrogen) atoms. The predicted octanol–water partition coefficient (Wildman–Crippen LogP) is 1.72. The van der Waals surface area contributed by atoms with Crippen LogP contribution >= 0.6 is 12.2 Å². The van der Waals surface area contributed by atoms with E-state index in [2.05, 4.69) is 10.2 Å². The number of H-pyrrole nitrogens is 1. The molecule has 0 saturated carbocycles. The van der Waals surface area contributed by atoms with Crippen molar-refractivity contribution in [3.05, 3.63) is 33.5 Å². The molecular weight excluding hydrogens is 236 g/mol. The first-order chi connectivity index (χ1) is 8.15. The molecule has 0 radical (unpaired) electrons. The molecule has 2 aromatic heterocycles. The van der Waals surface area contributed by atoms with Gasteiger partial charge in [-0.25, -0.2) is 0 Å². The van der Waals surface area contributed by atoms with Gasteiger partial charge >= 0.3 is 0 Å². The van der Waals surface area contributed by atoms with Crippen LogP contribution in [0.4, 0.5) is 0 Å². The van der Waals surface area contributed by atoms with Crippen LogP contribution in [0.5, 0.6) is 0 Å². The molecular formula is C11H14N4OS. The smallest absolute Gasteiger partial charge is 0.261 e. The van der Waals surface area contributed by atoms with Crippen molar-refractivity contribution in [2.45, 2.75) is 19.9 Å². The zero-order chi connectivity index (χ0) is 12.4. The minimum Gasteiger partial charge on any atom is -0.315 e. The minimum absolute atomic E-state index is 0.0357. The standard InChI is InChI=1S/C11H14N4OS/c1-3-6-15-7-4-5-8(10(15)16)9-12-13-11(17)14(9)2/h4-5,7H,3,6H2,1-2H3,(H,13,17). The maximum absolute atomic E-state index is 12.2. The third kappa shape index (κ3) is 2.08. The summed E-state index contributed by atoms with van der Waals surface area (Å²) in [5.74, 6) is 0.574. The first-order valence-corrected chi connectivity index (χ1v) is 5.87. The molecule has 1 N–H and O–H groups in total. The third-order valence-corrected chi connectivity index (χ3v) is 2.97. The van der Waals surface area contributed by atoms with Gasteiger partial charge < -0.3 is 9.13 Å². The van der Waals surface area contributed by atoms with Gasteiger partial charge in [0.1, 0.15) is 0 Å². The number of hydrogen-bond acceptors (Lipinski definition) is 3. The molecule has 0 unspecified atom stereocenters. The number of nitrogens with zero attached hydrogens (tertiary/aromatic N) is 3. The largest absolute Gasteiger partial charge is 0.315 e. The van der Waals surface area contributed by atoms with E-state index in [4.69, 9.17) is 12.2 Å². The lowest BCUT2D eigenvalue weighted by molar-refractivity contribution is 0.654. The van der Waals surface area contributed by atoms with E-state index in [1.54, 1.807) is 28.4 Å². The summed E-state index contributed by atoms with van der Waals surface area (Å²) in [6.07, 6.45) is 2.71. The molecule has 2 rings (SSSR count). The molecule has 0 aliphatic rings. The number of aromatic amines is 1. The molecule has 0 spiro atoms. The van der Waals surface area contributed by atoms with E-state index >= 15 is 0 Å². The number of aromatic nitrogens is 4. The quantitative estimate of drug-likeness (QED) is 0.844. The maximum atomic E-state index is 12.2. The number of pyridine rings is 1. The fourth-order valence-corrected chi connectivity index (χ4v) is 1.84. The van der Waals surface area contributed by atoms with Gasteiger partial charge in [-0.1, -0.05) is 6.92 Å². The highest BCUT2D eigenvalue weighted by molar-refractivity contribution is 7.71. The Kier molecular flexibility index (Phi) is 3.23. The number of hydrogen-bond donors (Lipinski definition) is 1. The van der Waals surface area contributed by atoms with Gasteiger partial charge in [0, 0.05) is 19.8 Å². The molecule has 0 aromatic carbocycles. The van der Waals surface area contributed by atoms with Crippen LogP contribution in [0.3, 0.4) is 0 Å². The summed E-state index contributed by atoms with van der Waals surface area (Å²) >= 11 is 5.04. The number of nitrogens with one attached hydrogen (secondary N) is 1. The topological polar surface area (TPSA) is 55.6 Å². The van der Waals surface area contributed by atoms with Crippen molar-refractivity contribution in [2.24, 2.45) is 7.05 Å². The van der Waals surface area contributed by atoms with E-state index in [1.807, 2.05) is 13.0 Å². The normalized spacial score (nSPS) is 10.7. The summed E-state index contributed by atoms with van der Waals surface area (Å²) < 4.78 is 3.89. The van der Waals surface area contributed by atoms with Crippen molar-refractivity contribution >= 4 is 12.2 Å². The fraction of sp³-hybridized carbons (Fsp3) is 0.364. The lowest BCUT2D eigenvalue weighted by Crippen LogP contribution is -2.21. The highest BCUT2D eigenvalue weighted by atomic mass is 32.1. The van der Waals surface area contributed by atoms with Gasteiger partial charge in [0.05, 0.1) is 5.56 Å². The summed E-state index contributed by atoms with van der Waals surface area (Å²) in [6.45, 7) is 2.75. The Hall–Kier alpha value is -1.69. The predicted molar refractivity (Wildman–Crippen MR) is 68.4 cm³/mol. The Balaban J connectivity index is 2.61. The monoisotopic (exact) mass is 250 g/mol. The van der Waals surface area contributed by atoms with Gasteiger partial charge in [-0.05, 0) is 30.8 Å². The van der Waals surface area contributed by atoms with Crippen molar-refractivity contribution in [2.75, 3.05) is 0 Å². The molecule has 0 bridgehead atoms. The van der Waals surface area contributed by atoms with Crippen molar-refractivity contribution < 1.29 is 0 Å². The molecule has 6 heteroatoms. The number of rotatable bonds is 3. The second-order valence-electron chi connectivity index (χ2n) is 3.83. The average molecular weight is 250 g/mol. The van der Waals surface area contributed by atoms with Crippen molar-refractivity contribution in [1.29, 1.82) is 0 Å². The van der Waals surface area contributed by atoms with Gasteiger partial charge in [-0.15, -0.1) is 0 Å². The fourth-order valence-electron chi connectivity index (χ4n) is 1.71. The van der Waals surface area contributed by atoms with Crippen LogP contribution in [-0.2, 0) is 13.6 Å². The summed E-state index contributed by atoms with van der Waals surface area (Å²) in [6, 6.07) is 3.61. The first-order valence-electron chi connectivity index (χ1n) is 5.46.